The number of benzene rings is 3. The van der Waals surface area contributed by atoms with Crippen LogP contribution >= 0.6 is 15.9 Å². The fourth-order valence-electron chi connectivity index (χ4n) is 4.90. The molecule has 0 N–H and O–H groups in total. The van der Waals surface area contributed by atoms with Gasteiger partial charge in [0.05, 0.1) is 33.0 Å². The quantitative estimate of drug-likeness (QED) is 0.207. The van der Waals surface area contributed by atoms with E-state index >= 15 is 0 Å². The van der Waals surface area contributed by atoms with Gasteiger partial charge in [-0.05, 0) is 61.1 Å². The molecule has 3 aromatic rings. The van der Waals surface area contributed by atoms with Crippen LogP contribution in [-0.2, 0) is 47.0 Å². The van der Waals surface area contributed by atoms with E-state index in [1.165, 1.54) is 5.56 Å². The number of hydrogen-bond acceptors (Lipinski definition) is 6. The van der Waals surface area contributed by atoms with Crippen molar-refractivity contribution in [1.29, 1.82) is 0 Å². The van der Waals surface area contributed by atoms with Gasteiger partial charge >= 0.3 is 0 Å². The van der Waals surface area contributed by atoms with E-state index in [-0.39, 0.29) is 18.3 Å². The summed E-state index contributed by atoms with van der Waals surface area (Å²) >= 11 is 3.53. The molecule has 0 saturated carbocycles. The second-order valence-corrected chi connectivity index (χ2v) is 11.9. The molecule has 214 valence electrons. The zero-order valence-electron chi connectivity index (χ0n) is 23.7. The molecule has 2 fully saturated rings. The summed E-state index contributed by atoms with van der Waals surface area (Å²) in [4.78, 5) is 0. The number of hydrogen-bond donors (Lipinski definition) is 0. The normalized spacial score (nSPS) is 22.4. The second-order valence-electron chi connectivity index (χ2n) is 11.3. The first-order valence-electron chi connectivity index (χ1n) is 13.8. The summed E-state index contributed by atoms with van der Waals surface area (Å²) in [6.07, 6.45) is -0.272. The van der Waals surface area contributed by atoms with E-state index in [0.29, 0.717) is 33.0 Å². The van der Waals surface area contributed by atoms with Crippen LogP contribution in [0.3, 0.4) is 0 Å². The van der Waals surface area contributed by atoms with Crippen LogP contribution < -0.4 is 0 Å². The lowest BCUT2D eigenvalue weighted by Crippen LogP contribution is -2.19. The van der Waals surface area contributed by atoms with Gasteiger partial charge in [-0.25, -0.2) is 0 Å². The molecule has 0 aromatic heterocycles. The molecule has 0 amide bonds. The monoisotopic (exact) mass is 610 g/mol. The Balaban J connectivity index is 1.17. The Morgan fingerprint density at radius 3 is 1.62 bits per heavy atom. The number of halogens is 1. The molecule has 7 heteroatoms. The van der Waals surface area contributed by atoms with Crippen molar-refractivity contribution in [2.45, 2.75) is 76.1 Å². The van der Waals surface area contributed by atoms with Crippen molar-refractivity contribution < 1.29 is 28.4 Å². The summed E-state index contributed by atoms with van der Waals surface area (Å²) in [5, 5.41) is 0.820. The molecule has 0 aliphatic carbocycles. The first-order valence-corrected chi connectivity index (χ1v) is 15.0. The molecule has 3 atom stereocenters. The van der Waals surface area contributed by atoms with Crippen LogP contribution in [0.1, 0.15) is 79.4 Å². The molecule has 0 spiro atoms. The van der Waals surface area contributed by atoms with Crippen molar-refractivity contribution in [3.63, 3.8) is 0 Å². The van der Waals surface area contributed by atoms with E-state index < -0.39 is 11.6 Å². The molecule has 2 saturated heterocycles. The predicted octanol–water partition coefficient (Wildman–Crippen LogP) is 7.70. The lowest BCUT2D eigenvalue weighted by atomic mass is 10.1. The van der Waals surface area contributed by atoms with Crippen LogP contribution in [0.5, 0.6) is 0 Å². The Kier molecular flexibility index (Phi) is 9.42. The molecule has 0 unspecified atom stereocenters. The highest BCUT2D eigenvalue weighted by Crippen LogP contribution is 2.34. The average Bonchev–Trinajstić information content (AvgIpc) is 3.51. The molecule has 6 nitrogen and oxygen atoms in total. The molecule has 40 heavy (non-hydrogen) atoms. The fraction of sp³-hybridized carbons (Fsp3) is 0.455. The van der Waals surface area contributed by atoms with Gasteiger partial charge in [0.15, 0.2) is 11.6 Å². The third kappa shape index (κ3) is 7.79. The number of ether oxygens (including phenoxy) is 6. The zero-order valence-corrected chi connectivity index (χ0v) is 25.3. The molecular formula is C33H39BrO6. The highest BCUT2D eigenvalue weighted by Gasteiger charge is 2.34. The molecule has 3 aromatic carbocycles. The van der Waals surface area contributed by atoms with Crippen LogP contribution in [0.25, 0.3) is 0 Å². The van der Waals surface area contributed by atoms with Crippen LogP contribution in [0.4, 0.5) is 0 Å². The Hall–Kier alpha value is -2.10. The maximum absolute atomic E-state index is 6.41. The van der Waals surface area contributed by atoms with Crippen molar-refractivity contribution in [3.8, 4) is 0 Å². The second kappa shape index (κ2) is 12.8. The maximum atomic E-state index is 6.41. The van der Waals surface area contributed by atoms with Gasteiger partial charge in [-0.15, -0.1) is 0 Å². The highest BCUT2D eigenvalue weighted by molar-refractivity contribution is 9.08. The largest absolute Gasteiger partial charge is 0.374 e. The Bertz CT molecular complexity index is 1220. The predicted molar refractivity (Wildman–Crippen MR) is 157 cm³/mol. The molecule has 5 rings (SSSR count). The lowest BCUT2D eigenvalue weighted by Gasteiger charge is -2.20. The number of rotatable bonds is 11. The van der Waals surface area contributed by atoms with E-state index in [1.807, 2.05) is 27.7 Å². The smallest absolute Gasteiger partial charge is 0.163 e. The van der Waals surface area contributed by atoms with Crippen LogP contribution in [0.2, 0.25) is 0 Å². The highest BCUT2D eigenvalue weighted by atomic mass is 79.9. The van der Waals surface area contributed by atoms with Crippen LogP contribution in [-0.4, -0.2) is 31.4 Å². The average molecular weight is 612 g/mol. The molecule has 2 aliphatic heterocycles. The van der Waals surface area contributed by atoms with E-state index in [0.717, 1.165) is 33.1 Å². The maximum Gasteiger partial charge on any atom is 0.163 e. The molecule has 0 bridgehead atoms. The Labute approximate surface area is 246 Å². The van der Waals surface area contributed by atoms with Crippen molar-refractivity contribution in [3.05, 3.63) is 106 Å². The molecule has 2 heterocycles. The van der Waals surface area contributed by atoms with Gasteiger partial charge in [0.2, 0.25) is 0 Å². The first-order chi connectivity index (χ1) is 19.2. The minimum Gasteiger partial charge on any atom is -0.374 e. The third-order valence-electron chi connectivity index (χ3n) is 7.21. The third-order valence-corrected chi connectivity index (χ3v) is 7.86. The van der Waals surface area contributed by atoms with E-state index in [9.17, 15) is 0 Å². The van der Waals surface area contributed by atoms with Gasteiger partial charge in [-0.2, -0.15) is 0 Å². The molecule has 2 aliphatic rings. The first kappa shape index (κ1) is 29.4. The van der Waals surface area contributed by atoms with Gasteiger partial charge < -0.3 is 28.4 Å². The van der Waals surface area contributed by atoms with Gasteiger partial charge in [0.1, 0.15) is 18.3 Å². The Morgan fingerprint density at radius 2 is 1.18 bits per heavy atom. The minimum atomic E-state index is -0.539. The van der Waals surface area contributed by atoms with Crippen LogP contribution in [0.15, 0.2) is 72.8 Å². The van der Waals surface area contributed by atoms with Gasteiger partial charge in [-0.3, -0.25) is 0 Å². The molecule has 0 radical (unpaired) electrons. The van der Waals surface area contributed by atoms with E-state index in [4.69, 9.17) is 28.4 Å². The van der Waals surface area contributed by atoms with Crippen molar-refractivity contribution in [1.82, 2.24) is 0 Å². The molecular weight excluding hydrogens is 572 g/mol. The van der Waals surface area contributed by atoms with Crippen molar-refractivity contribution in [2.75, 3.05) is 19.8 Å². The minimum absolute atomic E-state index is 0.0369. The summed E-state index contributed by atoms with van der Waals surface area (Å²) < 4.78 is 35.9. The summed E-state index contributed by atoms with van der Waals surface area (Å²) in [7, 11) is 0. The van der Waals surface area contributed by atoms with Crippen LogP contribution in [0, 0.1) is 0 Å². The topological polar surface area (TPSA) is 55.4 Å². The summed E-state index contributed by atoms with van der Waals surface area (Å²) in [6, 6.07) is 25.2. The summed E-state index contributed by atoms with van der Waals surface area (Å²) in [5.74, 6) is -1.07. The lowest BCUT2D eigenvalue weighted by molar-refractivity contribution is -0.139. The fourth-order valence-corrected chi connectivity index (χ4v) is 5.28. The number of alkyl halides is 1. The summed E-state index contributed by atoms with van der Waals surface area (Å²) in [5.41, 5.74) is 6.75. The van der Waals surface area contributed by atoms with E-state index in [2.05, 4.69) is 88.7 Å². The summed E-state index contributed by atoms with van der Waals surface area (Å²) in [6.45, 7) is 10.3. The standard InChI is InChI=1S/C33H39BrO6/c1-32(2)37-21-30(39-32)27-13-7-24(8-14-27)18-35-20-29(26-11-5-23(17-34)6-12-26)36-19-25-9-15-28(16-10-25)31-22-38-33(3,4)40-31/h5-16,29-31H,17-22H2,1-4H3/t29-,30-,31-/m0/s1. The Morgan fingerprint density at radius 1 is 0.700 bits per heavy atom. The van der Waals surface area contributed by atoms with Crippen molar-refractivity contribution in [2.24, 2.45) is 0 Å². The van der Waals surface area contributed by atoms with Gasteiger partial charge in [0, 0.05) is 5.33 Å². The van der Waals surface area contributed by atoms with Crippen molar-refractivity contribution >= 4 is 15.9 Å². The SMILES string of the molecule is CC1(C)OC[C@@H](c2ccc(COC[C@H](OCc3ccc([C@@H]4COC(C)(C)O4)cc3)c3ccc(CBr)cc3)cc2)O1. The van der Waals surface area contributed by atoms with Gasteiger partial charge in [0.25, 0.3) is 0 Å². The van der Waals surface area contributed by atoms with Gasteiger partial charge in [-0.1, -0.05) is 88.7 Å². The zero-order chi connectivity index (χ0) is 28.2. The van der Waals surface area contributed by atoms with E-state index in [1.54, 1.807) is 0 Å².